The molecule has 1 aliphatic rings. The van der Waals surface area contributed by atoms with Crippen molar-refractivity contribution in [1.29, 1.82) is 0 Å². The van der Waals surface area contributed by atoms with Gasteiger partial charge in [0.05, 0.1) is 29.8 Å². The quantitative estimate of drug-likeness (QED) is 0.656. The van der Waals surface area contributed by atoms with Crippen LogP contribution in [0.4, 0.5) is 10.3 Å². The third-order valence-electron chi connectivity index (χ3n) is 4.88. The van der Waals surface area contributed by atoms with Crippen molar-refractivity contribution in [2.75, 3.05) is 37.7 Å². The molecule has 0 atom stereocenters. The van der Waals surface area contributed by atoms with E-state index in [0.29, 0.717) is 61.0 Å². The zero-order chi connectivity index (χ0) is 21.1. The first kappa shape index (κ1) is 19.8. The second-order valence-electron chi connectivity index (χ2n) is 6.86. The van der Waals surface area contributed by atoms with Crippen molar-refractivity contribution >= 4 is 22.8 Å². The fourth-order valence-corrected chi connectivity index (χ4v) is 3.41. The van der Waals surface area contributed by atoms with Crippen LogP contribution < -0.4 is 15.8 Å². The van der Waals surface area contributed by atoms with Crippen LogP contribution in [0.5, 0.6) is 0 Å². The van der Waals surface area contributed by atoms with Crippen molar-refractivity contribution in [2.24, 2.45) is 0 Å². The van der Waals surface area contributed by atoms with Crippen LogP contribution in [0.25, 0.3) is 16.6 Å². The summed E-state index contributed by atoms with van der Waals surface area (Å²) < 4.78 is 20.7. The number of nitrogens with zero attached hydrogens (tertiary/aromatic N) is 3. The number of fused-ring (bicyclic) bond motifs is 1. The Morgan fingerprint density at radius 1 is 1.23 bits per heavy atom. The third-order valence-corrected chi connectivity index (χ3v) is 4.88. The maximum absolute atomic E-state index is 13.9. The zero-order valence-electron chi connectivity index (χ0n) is 16.3. The van der Waals surface area contributed by atoms with E-state index in [4.69, 9.17) is 9.72 Å². The van der Waals surface area contributed by atoms with Crippen LogP contribution in [0.15, 0.2) is 59.9 Å². The lowest BCUT2D eigenvalue weighted by Gasteiger charge is -2.30. The number of anilines is 1. The van der Waals surface area contributed by atoms with E-state index in [2.05, 4.69) is 11.9 Å². The molecular formula is C22H21FN4O3. The second-order valence-corrected chi connectivity index (χ2v) is 6.86. The van der Waals surface area contributed by atoms with Crippen molar-refractivity contribution in [3.63, 3.8) is 0 Å². The predicted molar refractivity (Wildman–Crippen MR) is 113 cm³/mol. The first-order valence-electron chi connectivity index (χ1n) is 9.63. The average Bonchev–Trinajstić information content (AvgIpc) is 2.77. The number of benzene rings is 2. The number of aromatic nitrogens is 2. The van der Waals surface area contributed by atoms with Crippen molar-refractivity contribution < 1.29 is 13.9 Å². The molecule has 4 rings (SSSR count). The number of halogens is 1. The number of amides is 1. The van der Waals surface area contributed by atoms with Crippen LogP contribution >= 0.6 is 0 Å². The standard InChI is InChI=1S/C22H21FN4O3/c1-2-8-24-20(28)15-6-7-18-19(13-15)25-22(26-9-11-30-12-10-26)27(21(18)29)17-5-3-4-16(23)14-17/h2-7,13-14H,1,8-12H2,(H,24,28). The molecule has 8 heteroatoms. The third kappa shape index (κ3) is 3.81. The molecule has 3 aromatic rings. The van der Waals surface area contributed by atoms with E-state index in [0.717, 1.165) is 0 Å². The molecule has 1 aromatic heterocycles. The van der Waals surface area contributed by atoms with Gasteiger partial charge in [0.2, 0.25) is 5.95 Å². The van der Waals surface area contributed by atoms with Gasteiger partial charge in [-0.15, -0.1) is 6.58 Å². The number of carbonyl (C=O) groups excluding carboxylic acids is 1. The number of hydrogen-bond acceptors (Lipinski definition) is 5. The van der Waals surface area contributed by atoms with E-state index in [-0.39, 0.29) is 11.5 Å². The maximum atomic E-state index is 13.9. The summed E-state index contributed by atoms with van der Waals surface area (Å²) in [5.41, 5.74) is 0.863. The lowest BCUT2D eigenvalue weighted by atomic mass is 10.1. The zero-order valence-corrected chi connectivity index (χ0v) is 16.3. The molecule has 7 nitrogen and oxygen atoms in total. The predicted octanol–water partition coefficient (Wildman–Crippen LogP) is 2.28. The molecule has 0 unspecified atom stereocenters. The van der Waals surface area contributed by atoms with Crippen molar-refractivity contribution in [1.82, 2.24) is 14.9 Å². The van der Waals surface area contributed by atoms with Gasteiger partial charge in [-0.25, -0.2) is 13.9 Å². The van der Waals surface area contributed by atoms with Crippen LogP contribution in [-0.2, 0) is 4.74 Å². The van der Waals surface area contributed by atoms with Crippen LogP contribution in [0.3, 0.4) is 0 Å². The van der Waals surface area contributed by atoms with Gasteiger partial charge >= 0.3 is 0 Å². The van der Waals surface area contributed by atoms with E-state index >= 15 is 0 Å². The van der Waals surface area contributed by atoms with E-state index < -0.39 is 5.82 Å². The number of morpholine rings is 1. The monoisotopic (exact) mass is 408 g/mol. The molecular weight excluding hydrogens is 387 g/mol. The average molecular weight is 408 g/mol. The molecule has 1 saturated heterocycles. The van der Waals surface area contributed by atoms with Crippen LogP contribution in [0, 0.1) is 5.82 Å². The van der Waals surface area contributed by atoms with Gasteiger partial charge in [0.1, 0.15) is 5.82 Å². The minimum Gasteiger partial charge on any atom is -0.378 e. The van der Waals surface area contributed by atoms with Gasteiger partial charge < -0.3 is 15.0 Å². The molecule has 1 fully saturated rings. The van der Waals surface area contributed by atoms with Gasteiger partial charge in [0.25, 0.3) is 11.5 Å². The number of carbonyl (C=O) groups is 1. The molecule has 30 heavy (non-hydrogen) atoms. The largest absolute Gasteiger partial charge is 0.378 e. The minimum absolute atomic E-state index is 0.277. The Morgan fingerprint density at radius 2 is 2.03 bits per heavy atom. The van der Waals surface area contributed by atoms with E-state index in [9.17, 15) is 14.0 Å². The lowest BCUT2D eigenvalue weighted by molar-refractivity contribution is 0.0958. The normalized spacial score (nSPS) is 14.0. The van der Waals surface area contributed by atoms with Gasteiger partial charge in [0, 0.05) is 25.2 Å². The highest BCUT2D eigenvalue weighted by Crippen LogP contribution is 2.22. The van der Waals surface area contributed by atoms with Crippen LogP contribution in [-0.4, -0.2) is 48.3 Å². The number of nitrogens with one attached hydrogen (secondary N) is 1. The Labute approximate surface area is 172 Å². The van der Waals surface area contributed by atoms with E-state index in [1.165, 1.54) is 16.7 Å². The summed E-state index contributed by atoms with van der Waals surface area (Å²) in [5, 5.41) is 3.06. The molecule has 1 amide bonds. The summed E-state index contributed by atoms with van der Waals surface area (Å²) in [4.78, 5) is 32.3. The molecule has 0 radical (unpaired) electrons. The molecule has 0 saturated carbocycles. The highest BCUT2D eigenvalue weighted by molar-refractivity contribution is 5.97. The molecule has 1 aliphatic heterocycles. The Balaban J connectivity index is 1.90. The van der Waals surface area contributed by atoms with Gasteiger partial charge in [-0.05, 0) is 36.4 Å². The molecule has 154 valence electrons. The molecule has 2 aromatic carbocycles. The molecule has 2 heterocycles. The van der Waals surface area contributed by atoms with Crippen LogP contribution in [0.1, 0.15) is 10.4 Å². The van der Waals surface area contributed by atoms with Crippen molar-refractivity contribution in [3.8, 4) is 5.69 Å². The SMILES string of the molecule is C=CCNC(=O)c1ccc2c(=O)n(-c3cccc(F)c3)c(N3CCOCC3)nc2c1. The number of hydrogen-bond donors (Lipinski definition) is 1. The summed E-state index contributed by atoms with van der Waals surface area (Å²) in [6, 6.07) is 10.6. The topological polar surface area (TPSA) is 76.5 Å². The molecule has 1 N–H and O–H groups in total. The Bertz CT molecular complexity index is 1170. The highest BCUT2D eigenvalue weighted by Gasteiger charge is 2.21. The Kier molecular flexibility index (Phi) is 5.58. The number of rotatable bonds is 5. The van der Waals surface area contributed by atoms with Gasteiger partial charge in [-0.1, -0.05) is 12.1 Å². The smallest absolute Gasteiger partial charge is 0.267 e. The van der Waals surface area contributed by atoms with Gasteiger partial charge in [0.15, 0.2) is 0 Å². The summed E-state index contributed by atoms with van der Waals surface area (Å²) in [6.45, 7) is 6.02. The first-order valence-corrected chi connectivity index (χ1v) is 9.63. The highest BCUT2D eigenvalue weighted by atomic mass is 19.1. The Morgan fingerprint density at radius 3 is 2.77 bits per heavy atom. The summed E-state index contributed by atoms with van der Waals surface area (Å²) in [5.74, 6) is -0.326. The summed E-state index contributed by atoms with van der Waals surface area (Å²) in [7, 11) is 0. The van der Waals surface area contributed by atoms with E-state index in [1.807, 2.05) is 4.90 Å². The minimum atomic E-state index is -0.443. The lowest BCUT2D eigenvalue weighted by Crippen LogP contribution is -2.40. The Hall–Kier alpha value is -3.52. The molecule has 0 bridgehead atoms. The van der Waals surface area contributed by atoms with Gasteiger partial charge in [-0.3, -0.25) is 9.59 Å². The molecule has 0 aliphatic carbocycles. The summed E-state index contributed by atoms with van der Waals surface area (Å²) in [6.07, 6.45) is 1.59. The van der Waals surface area contributed by atoms with Gasteiger partial charge in [-0.2, -0.15) is 0 Å². The fraction of sp³-hybridized carbons (Fsp3) is 0.227. The first-order chi connectivity index (χ1) is 14.6. The van der Waals surface area contributed by atoms with Crippen molar-refractivity contribution in [3.05, 3.63) is 76.9 Å². The van der Waals surface area contributed by atoms with E-state index in [1.54, 1.807) is 36.4 Å². The fourth-order valence-electron chi connectivity index (χ4n) is 3.41. The summed E-state index contributed by atoms with van der Waals surface area (Å²) >= 11 is 0. The van der Waals surface area contributed by atoms with Crippen LogP contribution in [0.2, 0.25) is 0 Å². The molecule has 0 spiro atoms. The second kappa shape index (κ2) is 8.46. The van der Waals surface area contributed by atoms with Crippen molar-refractivity contribution in [2.45, 2.75) is 0 Å². The number of ether oxygens (including phenoxy) is 1. The maximum Gasteiger partial charge on any atom is 0.267 e.